The van der Waals surface area contributed by atoms with Crippen LogP contribution in [0.1, 0.15) is 13.3 Å². The zero-order valence-electron chi connectivity index (χ0n) is 7.29. The average Bonchev–Trinajstić information content (AvgIpc) is 2.05. The van der Waals surface area contributed by atoms with Gasteiger partial charge in [0.1, 0.15) is 0 Å². The van der Waals surface area contributed by atoms with Gasteiger partial charge in [0, 0.05) is 12.6 Å². The molecule has 0 unspecified atom stereocenters. The minimum Gasteiger partial charge on any atom is -0.330 e. The van der Waals surface area contributed by atoms with Gasteiger partial charge < -0.3 is 16.4 Å². The highest BCUT2D eigenvalue weighted by atomic mass is 15.1. The molecule has 0 spiro atoms. The second-order valence-electron chi connectivity index (χ2n) is 3.34. The molecule has 0 aromatic rings. The van der Waals surface area contributed by atoms with Gasteiger partial charge in [0.05, 0.1) is 0 Å². The smallest absolute Gasteiger partial charge is 0.0104 e. The van der Waals surface area contributed by atoms with Crippen LogP contribution < -0.4 is 11.5 Å². The van der Waals surface area contributed by atoms with E-state index in [-0.39, 0.29) is 0 Å². The Hall–Kier alpha value is -0.120. The first kappa shape index (κ1) is 8.97. The third-order valence-corrected chi connectivity index (χ3v) is 2.63. The number of rotatable bonds is 2. The maximum atomic E-state index is 5.90. The summed E-state index contributed by atoms with van der Waals surface area (Å²) in [7, 11) is 0. The van der Waals surface area contributed by atoms with Gasteiger partial charge in [-0.1, -0.05) is 6.92 Å². The van der Waals surface area contributed by atoms with Gasteiger partial charge in [-0.2, -0.15) is 0 Å². The lowest BCUT2D eigenvalue weighted by Crippen LogP contribution is -2.49. The Morgan fingerprint density at radius 1 is 1.55 bits per heavy atom. The number of hydrogen-bond acceptors (Lipinski definition) is 3. The molecule has 3 nitrogen and oxygen atoms in total. The summed E-state index contributed by atoms with van der Waals surface area (Å²) < 4.78 is 0. The van der Waals surface area contributed by atoms with Gasteiger partial charge in [0.2, 0.25) is 0 Å². The van der Waals surface area contributed by atoms with Crippen molar-refractivity contribution in [1.29, 1.82) is 0 Å². The highest BCUT2D eigenvalue weighted by Gasteiger charge is 2.24. The lowest BCUT2D eigenvalue weighted by molar-refractivity contribution is 0.166. The number of likely N-dealkylation sites (tertiary alicyclic amines) is 1. The summed E-state index contributed by atoms with van der Waals surface area (Å²) in [5, 5.41) is 0. The standard InChI is InChI=1S/C8H19N3/c1-2-11-4-3-8(10)7(5-9)6-11/h7-8H,2-6,9-10H2,1H3/t7-,8+/m1/s1. The van der Waals surface area contributed by atoms with E-state index in [9.17, 15) is 0 Å². The molecule has 3 heteroatoms. The Labute approximate surface area is 68.7 Å². The van der Waals surface area contributed by atoms with Crippen molar-refractivity contribution in [2.75, 3.05) is 26.2 Å². The van der Waals surface area contributed by atoms with Gasteiger partial charge in [-0.3, -0.25) is 0 Å². The predicted octanol–water partition coefficient (Wildman–Crippen LogP) is -0.386. The molecule has 4 N–H and O–H groups in total. The Morgan fingerprint density at radius 3 is 2.82 bits per heavy atom. The van der Waals surface area contributed by atoms with Crippen molar-refractivity contribution in [2.24, 2.45) is 17.4 Å². The van der Waals surface area contributed by atoms with Crippen molar-refractivity contribution < 1.29 is 0 Å². The fraction of sp³-hybridized carbons (Fsp3) is 1.00. The maximum Gasteiger partial charge on any atom is 0.0104 e. The van der Waals surface area contributed by atoms with Gasteiger partial charge in [-0.25, -0.2) is 0 Å². The van der Waals surface area contributed by atoms with E-state index in [1.54, 1.807) is 0 Å². The molecule has 0 aromatic carbocycles. The normalized spacial score (nSPS) is 34.1. The molecule has 11 heavy (non-hydrogen) atoms. The molecule has 0 radical (unpaired) electrons. The summed E-state index contributed by atoms with van der Waals surface area (Å²) in [6.45, 7) is 6.29. The van der Waals surface area contributed by atoms with Crippen LogP contribution in [0.15, 0.2) is 0 Å². The van der Waals surface area contributed by atoms with Crippen molar-refractivity contribution >= 4 is 0 Å². The monoisotopic (exact) mass is 157 g/mol. The third kappa shape index (κ3) is 2.15. The topological polar surface area (TPSA) is 55.3 Å². The summed E-state index contributed by atoms with van der Waals surface area (Å²) in [6.07, 6.45) is 1.11. The zero-order valence-corrected chi connectivity index (χ0v) is 7.29. The van der Waals surface area contributed by atoms with E-state index in [1.807, 2.05) is 0 Å². The molecule has 0 bridgehead atoms. The fourth-order valence-corrected chi connectivity index (χ4v) is 1.66. The first-order valence-corrected chi connectivity index (χ1v) is 4.46. The molecular formula is C8H19N3. The van der Waals surface area contributed by atoms with E-state index in [2.05, 4.69) is 11.8 Å². The number of nitrogens with zero attached hydrogens (tertiary/aromatic N) is 1. The van der Waals surface area contributed by atoms with E-state index in [1.165, 1.54) is 0 Å². The molecule has 1 aliphatic rings. The zero-order chi connectivity index (χ0) is 8.27. The molecule has 1 aliphatic heterocycles. The Balaban J connectivity index is 2.37. The summed E-state index contributed by atoms with van der Waals surface area (Å²) in [6, 6.07) is 0.336. The summed E-state index contributed by atoms with van der Waals surface area (Å²) in [4.78, 5) is 2.42. The van der Waals surface area contributed by atoms with Crippen LogP contribution in [0.5, 0.6) is 0 Å². The number of piperidine rings is 1. The number of nitrogens with two attached hydrogens (primary N) is 2. The Morgan fingerprint density at radius 2 is 2.27 bits per heavy atom. The predicted molar refractivity (Wildman–Crippen MR) is 47.3 cm³/mol. The highest BCUT2D eigenvalue weighted by Crippen LogP contribution is 2.13. The Kier molecular flexibility index (Phi) is 3.30. The molecule has 1 rings (SSSR count). The maximum absolute atomic E-state index is 5.90. The van der Waals surface area contributed by atoms with Crippen molar-refractivity contribution in [1.82, 2.24) is 4.90 Å². The summed E-state index contributed by atoms with van der Waals surface area (Å²) in [5.41, 5.74) is 11.5. The molecule has 1 saturated heterocycles. The van der Waals surface area contributed by atoms with Crippen LogP contribution in [0, 0.1) is 5.92 Å². The van der Waals surface area contributed by atoms with Crippen LogP contribution in [-0.2, 0) is 0 Å². The molecule has 0 aliphatic carbocycles. The molecule has 2 atom stereocenters. The largest absolute Gasteiger partial charge is 0.330 e. The second-order valence-corrected chi connectivity index (χ2v) is 3.34. The summed E-state index contributed by atoms with van der Waals surface area (Å²) >= 11 is 0. The van der Waals surface area contributed by atoms with Crippen molar-refractivity contribution in [2.45, 2.75) is 19.4 Å². The van der Waals surface area contributed by atoms with E-state index in [4.69, 9.17) is 11.5 Å². The van der Waals surface area contributed by atoms with E-state index in [0.717, 1.165) is 32.6 Å². The van der Waals surface area contributed by atoms with Crippen LogP contribution in [0.2, 0.25) is 0 Å². The van der Waals surface area contributed by atoms with E-state index in [0.29, 0.717) is 12.0 Å². The van der Waals surface area contributed by atoms with Crippen LogP contribution >= 0.6 is 0 Å². The third-order valence-electron chi connectivity index (χ3n) is 2.63. The molecule has 0 amide bonds. The first-order valence-electron chi connectivity index (χ1n) is 4.46. The van der Waals surface area contributed by atoms with Crippen molar-refractivity contribution in [3.05, 3.63) is 0 Å². The van der Waals surface area contributed by atoms with Gasteiger partial charge in [-0.15, -0.1) is 0 Å². The SMILES string of the molecule is CCN1CC[C@H](N)[C@H](CN)C1. The first-order chi connectivity index (χ1) is 5.27. The lowest BCUT2D eigenvalue weighted by atomic mass is 9.93. The minimum absolute atomic E-state index is 0.336. The molecule has 1 fully saturated rings. The average molecular weight is 157 g/mol. The van der Waals surface area contributed by atoms with E-state index < -0.39 is 0 Å². The lowest BCUT2D eigenvalue weighted by Gasteiger charge is -2.35. The van der Waals surface area contributed by atoms with Crippen LogP contribution in [0.25, 0.3) is 0 Å². The molecular weight excluding hydrogens is 138 g/mol. The van der Waals surface area contributed by atoms with Crippen LogP contribution in [0.3, 0.4) is 0 Å². The molecule has 0 saturated carbocycles. The van der Waals surface area contributed by atoms with Crippen molar-refractivity contribution in [3.63, 3.8) is 0 Å². The van der Waals surface area contributed by atoms with Gasteiger partial charge in [0.15, 0.2) is 0 Å². The van der Waals surface area contributed by atoms with Gasteiger partial charge >= 0.3 is 0 Å². The Bertz CT molecular complexity index is 116. The van der Waals surface area contributed by atoms with Crippen LogP contribution in [-0.4, -0.2) is 37.1 Å². The van der Waals surface area contributed by atoms with E-state index >= 15 is 0 Å². The highest BCUT2D eigenvalue weighted by molar-refractivity contribution is 4.82. The summed E-state index contributed by atoms with van der Waals surface area (Å²) in [5.74, 6) is 0.517. The van der Waals surface area contributed by atoms with Crippen LogP contribution in [0.4, 0.5) is 0 Å². The number of hydrogen-bond donors (Lipinski definition) is 2. The quantitative estimate of drug-likeness (QED) is 0.574. The fourth-order valence-electron chi connectivity index (χ4n) is 1.66. The minimum atomic E-state index is 0.336. The second kappa shape index (κ2) is 4.04. The van der Waals surface area contributed by atoms with Gasteiger partial charge in [-0.05, 0) is 32.0 Å². The molecule has 0 aromatic heterocycles. The van der Waals surface area contributed by atoms with Crippen molar-refractivity contribution in [3.8, 4) is 0 Å². The van der Waals surface area contributed by atoms with Gasteiger partial charge in [0.25, 0.3) is 0 Å². The molecule has 66 valence electrons. The molecule has 1 heterocycles.